The molecule has 1 saturated carbocycles. The fourth-order valence-electron chi connectivity index (χ4n) is 3.94. The topological polar surface area (TPSA) is 104 Å². The highest BCUT2D eigenvalue weighted by Gasteiger charge is 2.34. The number of H-pyrrole nitrogens is 1. The van der Waals surface area contributed by atoms with Crippen LogP contribution in [-0.4, -0.2) is 33.1 Å². The largest absolute Gasteiger partial charge is 0.352 e. The van der Waals surface area contributed by atoms with E-state index >= 15 is 0 Å². The molecule has 0 radical (unpaired) electrons. The average Bonchev–Trinajstić information content (AvgIpc) is 3.20. The average molecular weight is 451 g/mol. The Morgan fingerprint density at radius 1 is 1.21 bits per heavy atom. The molecule has 1 amide bonds. The van der Waals surface area contributed by atoms with E-state index in [4.69, 9.17) is 5.26 Å². The highest BCUT2D eigenvalue weighted by molar-refractivity contribution is 5.93. The predicted octanol–water partition coefficient (Wildman–Crippen LogP) is 3.85. The van der Waals surface area contributed by atoms with Crippen LogP contribution >= 0.6 is 0 Å². The Morgan fingerprint density at radius 3 is 2.58 bits per heavy atom. The SMILES string of the molecule is N#CCc1ccc(-c2c[nH]n(-c3ccc(C(=O)NCC4CCC(F)(F)CC4)cn3)c2=O)cc1. The van der Waals surface area contributed by atoms with Gasteiger partial charge in [-0.3, -0.25) is 14.7 Å². The molecule has 2 aromatic heterocycles. The number of amides is 1. The molecule has 0 atom stereocenters. The van der Waals surface area contributed by atoms with Crippen molar-refractivity contribution in [3.63, 3.8) is 0 Å². The van der Waals surface area contributed by atoms with Crippen LogP contribution in [0.25, 0.3) is 16.9 Å². The van der Waals surface area contributed by atoms with Crippen molar-refractivity contribution in [2.45, 2.75) is 38.0 Å². The number of rotatable bonds is 6. The number of benzene rings is 1. The lowest BCUT2D eigenvalue weighted by molar-refractivity contribution is -0.0452. The first-order valence-corrected chi connectivity index (χ1v) is 10.8. The first-order chi connectivity index (χ1) is 15.9. The third-order valence-corrected chi connectivity index (χ3v) is 5.95. The van der Waals surface area contributed by atoms with Crippen LogP contribution in [0.1, 0.15) is 41.6 Å². The maximum Gasteiger partial charge on any atom is 0.280 e. The van der Waals surface area contributed by atoms with Gasteiger partial charge in [0.1, 0.15) is 0 Å². The molecule has 1 aromatic carbocycles. The highest BCUT2D eigenvalue weighted by atomic mass is 19.3. The molecule has 0 spiro atoms. The van der Waals surface area contributed by atoms with Gasteiger partial charge in [0.25, 0.3) is 11.5 Å². The van der Waals surface area contributed by atoms with Gasteiger partial charge in [-0.2, -0.15) is 5.26 Å². The second kappa shape index (κ2) is 9.36. The van der Waals surface area contributed by atoms with Crippen molar-refractivity contribution in [2.75, 3.05) is 6.54 Å². The summed E-state index contributed by atoms with van der Waals surface area (Å²) < 4.78 is 27.8. The Bertz CT molecular complexity index is 1210. The summed E-state index contributed by atoms with van der Waals surface area (Å²) in [5.74, 6) is -2.54. The van der Waals surface area contributed by atoms with E-state index in [-0.39, 0.29) is 30.2 Å². The van der Waals surface area contributed by atoms with E-state index in [0.29, 0.717) is 48.3 Å². The molecule has 0 saturated heterocycles. The van der Waals surface area contributed by atoms with E-state index in [1.807, 2.05) is 0 Å². The molecule has 4 rings (SSSR count). The predicted molar refractivity (Wildman–Crippen MR) is 118 cm³/mol. The fraction of sp³-hybridized carbons (Fsp3) is 0.333. The van der Waals surface area contributed by atoms with E-state index in [0.717, 1.165) is 5.56 Å². The number of aromatic amines is 1. The Hall–Kier alpha value is -3.80. The zero-order chi connectivity index (χ0) is 23.4. The number of nitrogens with one attached hydrogen (secondary N) is 2. The Kier molecular flexibility index (Phi) is 6.36. The Labute approximate surface area is 189 Å². The lowest BCUT2D eigenvalue weighted by atomic mass is 9.87. The minimum atomic E-state index is -2.59. The summed E-state index contributed by atoms with van der Waals surface area (Å²) in [6, 6.07) is 12.4. The molecule has 0 bridgehead atoms. The van der Waals surface area contributed by atoms with Crippen molar-refractivity contribution >= 4 is 5.91 Å². The standard InChI is InChI=1S/C24H23F2N5O2/c25-24(26)10-7-17(8-11-24)13-29-22(32)19-5-6-21(28-14-19)31-23(33)20(15-30-31)18-3-1-16(2-4-18)9-12-27/h1-6,14-15,17,30H,7-11,13H2,(H,29,32). The number of alkyl halides is 2. The van der Waals surface area contributed by atoms with E-state index in [9.17, 15) is 18.4 Å². The molecule has 33 heavy (non-hydrogen) atoms. The summed E-state index contributed by atoms with van der Waals surface area (Å²) in [4.78, 5) is 29.5. The number of aromatic nitrogens is 3. The number of carbonyl (C=O) groups is 1. The van der Waals surface area contributed by atoms with Gasteiger partial charge in [-0.1, -0.05) is 24.3 Å². The van der Waals surface area contributed by atoms with Gasteiger partial charge in [0.2, 0.25) is 5.92 Å². The van der Waals surface area contributed by atoms with Gasteiger partial charge in [0.15, 0.2) is 5.82 Å². The van der Waals surface area contributed by atoms with E-state index in [2.05, 4.69) is 21.5 Å². The van der Waals surface area contributed by atoms with Crippen molar-refractivity contribution in [3.8, 4) is 23.0 Å². The molecule has 0 unspecified atom stereocenters. The molecular weight excluding hydrogens is 428 g/mol. The third-order valence-electron chi connectivity index (χ3n) is 5.95. The molecule has 1 fully saturated rings. The number of halogens is 2. The number of carbonyl (C=O) groups excluding carboxylic acids is 1. The minimum absolute atomic E-state index is 0.0469. The highest BCUT2D eigenvalue weighted by Crippen LogP contribution is 2.35. The zero-order valence-electron chi connectivity index (χ0n) is 17.9. The van der Waals surface area contributed by atoms with Crippen molar-refractivity contribution in [1.29, 1.82) is 5.26 Å². The maximum absolute atomic E-state index is 13.3. The molecule has 1 aliphatic carbocycles. The molecule has 170 valence electrons. The van der Waals surface area contributed by atoms with Crippen molar-refractivity contribution < 1.29 is 13.6 Å². The first kappa shape index (κ1) is 22.4. The molecule has 7 nitrogen and oxygen atoms in total. The van der Waals surface area contributed by atoms with Crippen molar-refractivity contribution in [3.05, 3.63) is 70.3 Å². The van der Waals surface area contributed by atoms with Crippen LogP contribution in [0.3, 0.4) is 0 Å². The van der Waals surface area contributed by atoms with Crippen LogP contribution in [0.2, 0.25) is 0 Å². The van der Waals surface area contributed by atoms with Crippen LogP contribution in [-0.2, 0) is 6.42 Å². The monoisotopic (exact) mass is 451 g/mol. The maximum atomic E-state index is 13.3. The van der Waals surface area contributed by atoms with Crippen LogP contribution < -0.4 is 10.9 Å². The molecule has 1 aliphatic rings. The summed E-state index contributed by atoms with van der Waals surface area (Å²) in [7, 11) is 0. The molecule has 2 N–H and O–H groups in total. The lowest BCUT2D eigenvalue weighted by Crippen LogP contribution is -2.34. The second-order valence-electron chi connectivity index (χ2n) is 8.27. The second-order valence-corrected chi connectivity index (χ2v) is 8.27. The Balaban J connectivity index is 1.40. The molecule has 9 heteroatoms. The number of pyridine rings is 1. The lowest BCUT2D eigenvalue weighted by Gasteiger charge is -2.28. The van der Waals surface area contributed by atoms with Gasteiger partial charge in [0.05, 0.1) is 23.6 Å². The number of nitriles is 1. The van der Waals surface area contributed by atoms with E-state index < -0.39 is 5.92 Å². The summed E-state index contributed by atoms with van der Waals surface area (Å²) in [5.41, 5.74) is 2.08. The smallest absolute Gasteiger partial charge is 0.280 e. The molecule has 2 heterocycles. The normalized spacial score (nSPS) is 15.7. The third kappa shape index (κ3) is 5.17. The summed E-state index contributed by atoms with van der Waals surface area (Å²) >= 11 is 0. The van der Waals surface area contributed by atoms with Crippen LogP contribution in [0.15, 0.2) is 53.6 Å². The molecule has 3 aromatic rings. The minimum Gasteiger partial charge on any atom is -0.352 e. The zero-order valence-corrected chi connectivity index (χ0v) is 17.9. The first-order valence-electron chi connectivity index (χ1n) is 10.8. The Morgan fingerprint density at radius 2 is 1.94 bits per heavy atom. The number of hydrogen-bond donors (Lipinski definition) is 2. The van der Waals surface area contributed by atoms with Gasteiger partial charge in [-0.25, -0.2) is 18.4 Å². The summed E-state index contributed by atoms with van der Waals surface area (Å²) in [6.45, 7) is 0.350. The van der Waals surface area contributed by atoms with Gasteiger partial charge < -0.3 is 5.32 Å². The molecule has 0 aliphatic heterocycles. The summed E-state index contributed by atoms with van der Waals surface area (Å²) in [5, 5.41) is 14.4. The van der Waals surface area contributed by atoms with E-state index in [1.165, 1.54) is 10.9 Å². The van der Waals surface area contributed by atoms with Crippen molar-refractivity contribution in [2.24, 2.45) is 5.92 Å². The van der Waals surface area contributed by atoms with Gasteiger partial charge >= 0.3 is 0 Å². The summed E-state index contributed by atoms with van der Waals surface area (Å²) in [6.07, 6.45) is 3.77. The molecular formula is C24H23F2N5O2. The van der Waals surface area contributed by atoms with E-state index in [1.54, 1.807) is 42.6 Å². The quantitative estimate of drug-likeness (QED) is 0.594. The van der Waals surface area contributed by atoms with Crippen LogP contribution in [0.5, 0.6) is 0 Å². The van der Waals surface area contributed by atoms with Gasteiger partial charge in [0, 0.05) is 31.8 Å². The fourth-order valence-corrected chi connectivity index (χ4v) is 3.94. The number of nitrogens with zero attached hydrogens (tertiary/aromatic N) is 3. The number of hydrogen-bond acceptors (Lipinski definition) is 4. The van der Waals surface area contributed by atoms with Crippen molar-refractivity contribution in [1.82, 2.24) is 20.1 Å². The van der Waals surface area contributed by atoms with Crippen LogP contribution in [0, 0.1) is 17.2 Å². The van der Waals surface area contributed by atoms with Gasteiger partial charge in [-0.05, 0) is 42.0 Å². The van der Waals surface area contributed by atoms with Crippen LogP contribution in [0.4, 0.5) is 8.78 Å². The van der Waals surface area contributed by atoms with Gasteiger partial charge in [-0.15, -0.1) is 0 Å².